The van der Waals surface area contributed by atoms with Gasteiger partial charge in [-0.3, -0.25) is 9.69 Å². The highest BCUT2D eigenvalue weighted by Crippen LogP contribution is 2.69. The molecule has 5 rings (SSSR count). The van der Waals surface area contributed by atoms with Crippen molar-refractivity contribution < 1.29 is 4.79 Å². The highest BCUT2D eigenvalue weighted by molar-refractivity contribution is 5.82. The molecular formula is C23H35N5O. The summed E-state index contributed by atoms with van der Waals surface area (Å²) < 4.78 is 0. The van der Waals surface area contributed by atoms with Crippen molar-refractivity contribution in [2.45, 2.75) is 40.0 Å². The summed E-state index contributed by atoms with van der Waals surface area (Å²) in [5, 5.41) is 0. The highest BCUT2D eigenvalue weighted by Gasteiger charge is 2.67. The molecule has 158 valence electrons. The van der Waals surface area contributed by atoms with Crippen molar-refractivity contribution >= 4 is 11.7 Å². The summed E-state index contributed by atoms with van der Waals surface area (Å²) in [6.07, 6.45) is 4.18. The number of aromatic nitrogens is 2. The summed E-state index contributed by atoms with van der Waals surface area (Å²) in [6.45, 7) is 12.0. The summed E-state index contributed by atoms with van der Waals surface area (Å²) in [5.74, 6) is 5.98. The van der Waals surface area contributed by atoms with Gasteiger partial charge in [-0.25, -0.2) is 9.97 Å². The first-order valence-electron chi connectivity index (χ1n) is 11.5. The molecule has 1 aromatic heterocycles. The van der Waals surface area contributed by atoms with E-state index in [4.69, 9.17) is 4.98 Å². The molecule has 1 aliphatic heterocycles. The maximum atomic E-state index is 12.9. The lowest BCUT2D eigenvalue weighted by atomic mass is 10.0. The van der Waals surface area contributed by atoms with Gasteiger partial charge in [0.1, 0.15) is 11.6 Å². The van der Waals surface area contributed by atoms with Gasteiger partial charge in [0.15, 0.2) is 0 Å². The average molecular weight is 398 g/mol. The third kappa shape index (κ3) is 3.33. The fraction of sp³-hybridized carbons (Fsp3) is 0.783. The number of nitrogens with zero attached hydrogens (tertiary/aromatic N) is 5. The monoisotopic (exact) mass is 397 g/mol. The molecule has 2 bridgehead atoms. The van der Waals surface area contributed by atoms with Crippen molar-refractivity contribution in [1.29, 1.82) is 0 Å². The number of anilines is 1. The minimum Gasteiger partial charge on any atom is -0.354 e. The van der Waals surface area contributed by atoms with Crippen LogP contribution in [0.3, 0.4) is 0 Å². The van der Waals surface area contributed by atoms with Gasteiger partial charge in [0, 0.05) is 63.5 Å². The topological polar surface area (TPSA) is 52.6 Å². The van der Waals surface area contributed by atoms with Crippen molar-refractivity contribution in [3.8, 4) is 0 Å². The van der Waals surface area contributed by atoms with Crippen LogP contribution in [0.25, 0.3) is 0 Å². The molecular weight excluding hydrogens is 362 g/mol. The van der Waals surface area contributed by atoms with E-state index < -0.39 is 0 Å². The normalized spacial score (nSPS) is 33.1. The second-order valence-corrected chi connectivity index (χ2v) is 9.91. The van der Waals surface area contributed by atoms with Crippen LogP contribution in [0.1, 0.15) is 36.3 Å². The fourth-order valence-corrected chi connectivity index (χ4v) is 6.55. The van der Waals surface area contributed by atoms with E-state index in [2.05, 4.69) is 28.6 Å². The van der Waals surface area contributed by atoms with Crippen LogP contribution in [0.15, 0.2) is 0 Å². The zero-order valence-electron chi connectivity index (χ0n) is 18.4. The van der Waals surface area contributed by atoms with Crippen LogP contribution in [0, 0.1) is 50.4 Å². The molecule has 29 heavy (non-hydrogen) atoms. The van der Waals surface area contributed by atoms with Crippen LogP contribution in [0.4, 0.5) is 5.82 Å². The molecule has 0 N–H and O–H groups in total. The molecule has 3 saturated carbocycles. The molecule has 0 aromatic carbocycles. The van der Waals surface area contributed by atoms with E-state index in [1.165, 1.54) is 24.8 Å². The van der Waals surface area contributed by atoms with Gasteiger partial charge in [-0.1, -0.05) is 0 Å². The van der Waals surface area contributed by atoms with Gasteiger partial charge >= 0.3 is 0 Å². The molecule has 1 unspecified atom stereocenters. The molecule has 3 aliphatic carbocycles. The van der Waals surface area contributed by atoms with Crippen molar-refractivity contribution in [2.24, 2.45) is 29.6 Å². The summed E-state index contributed by atoms with van der Waals surface area (Å²) in [5.41, 5.74) is 2.27. The minimum absolute atomic E-state index is 0.371. The van der Waals surface area contributed by atoms with Crippen molar-refractivity contribution in [2.75, 3.05) is 51.2 Å². The SMILES string of the molecule is Cc1nc(C)c(C)c(N2CCN(CCN(C)C(=O)C3[C@@H]4[C@H]5CC[C@H](C5)[C@H]34)CC2)n1. The Morgan fingerprint density at radius 1 is 1.03 bits per heavy atom. The Bertz CT molecular complexity index is 787. The van der Waals surface area contributed by atoms with Gasteiger partial charge in [0.25, 0.3) is 0 Å². The molecule has 4 aliphatic rings. The van der Waals surface area contributed by atoms with E-state index in [9.17, 15) is 4.79 Å². The number of hydrogen-bond donors (Lipinski definition) is 0. The Kier molecular flexibility index (Phi) is 4.80. The summed E-state index contributed by atoms with van der Waals surface area (Å²) >= 11 is 0. The van der Waals surface area contributed by atoms with Gasteiger partial charge in [-0.15, -0.1) is 0 Å². The lowest BCUT2D eigenvalue weighted by molar-refractivity contribution is -0.132. The van der Waals surface area contributed by atoms with Crippen LogP contribution in [0.2, 0.25) is 0 Å². The molecule has 0 radical (unpaired) electrons. The van der Waals surface area contributed by atoms with Crippen molar-refractivity contribution in [1.82, 2.24) is 19.8 Å². The first-order chi connectivity index (χ1) is 13.9. The van der Waals surface area contributed by atoms with E-state index in [0.717, 1.165) is 80.3 Å². The van der Waals surface area contributed by atoms with Gasteiger partial charge in [-0.05, 0) is 63.7 Å². The molecule has 6 nitrogen and oxygen atoms in total. The average Bonchev–Trinajstić information content (AvgIpc) is 3.14. The third-order valence-corrected chi connectivity index (χ3v) is 8.30. The zero-order chi connectivity index (χ0) is 20.3. The minimum atomic E-state index is 0.371. The smallest absolute Gasteiger partial charge is 0.226 e. The van der Waals surface area contributed by atoms with Crippen molar-refractivity contribution in [3.05, 3.63) is 17.1 Å². The first kappa shape index (κ1) is 19.3. The Hall–Kier alpha value is -1.69. The largest absolute Gasteiger partial charge is 0.354 e. The third-order valence-electron chi connectivity index (χ3n) is 8.30. The number of piperazine rings is 1. The van der Waals surface area contributed by atoms with Gasteiger partial charge in [0.05, 0.1) is 0 Å². The molecule has 1 saturated heterocycles. The van der Waals surface area contributed by atoms with Crippen LogP contribution < -0.4 is 4.90 Å². The number of aryl methyl sites for hydroxylation is 2. The number of amides is 1. The van der Waals surface area contributed by atoms with Crippen LogP contribution in [-0.4, -0.2) is 72.0 Å². The second kappa shape index (κ2) is 7.22. The first-order valence-corrected chi connectivity index (χ1v) is 11.5. The molecule has 1 amide bonds. The Morgan fingerprint density at radius 2 is 1.69 bits per heavy atom. The lowest BCUT2D eigenvalue weighted by Crippen LogP contribution is -2.49. The number of hydrogen-bond acceptors (Lipinski definition) is 5. The number of carbonyl (C=O) groups excluding carboxylic acids is 1. The summed E-state index contributed by atoms with van der Waals surface area (Å²) in [4.78, 5) is 29.0. The summed E-state index contributed by atoms with van der Waals surface area (Å²) in [6, 6.07) is 0. The van der Waals surface area contributed by atoms with Crippen LogP contribution in [-0.2, 0) is 4.79 Å². The van der Waals surface area contributed by atoms with Crippen molar-refractivity contribution in [3.63, 3.8) is 0 Å². The summed E-state index contributed by atoms with van der Waals surface area (Å²) in [7, 11) is 2.02. The lowest BCUT2D eigenvalue weighted by Gasteiger charge is -2.36. The molecule has 4 fully saturated rings. The highest BCUT2D eigenvalue weighted by atomic mass is 16.2. The maximum absolute atomic E-state index is 12.9. The standard InChI is InChI=1S/C23H35N5O/c1-14-15(2)24-16(3)25-22(14)28-11-9-27(10-12-28)8-7-26(4)23(29)21-19-17-5-6-18(13-17)20(19)21/h17-21H,5-13H2,1-4H3/t17-,18+,19+,20-,21?. The predicted molar refractivity (Wildman–Crippen MR) is 114 cm³/mol. The van der Waals surface area contributed by atoms with E-state index in [-0.39, 0.29) is 0 Å². The van der Waals surface area contributed by atoms with Gasteiger partial charge < -0.3 is 9.80 Å². The zero-order valence-corrected chi connectivity index (χ0v) is 18.4. The van der Waals surface area contributed by atoms with Crippen LogP contribution in [0.5, 0.6) is 0 Å². The number of likely N-dealkylation sites (N-methyl/N-ethyl adjacent to an activating group) is 1. The van der Waals surface area contributed by atoms with Gasteiger partial charge in [-0.2, -0.15) is 0 Å². The Labute approximate surface area is 174 Å². The molecule has 1 aromatic rings. The quantitative estimate of drug-likeness (QED) is 0.763. The van der Waals surface area contributed by atoms with Crippen LogP contribution >= 0.6 is 0 Å². The predicted octanol–water partition coefficient (Wildman–Crippen LogP) is 2.27. The number of fused-ring (bicyclic) bond motifs is 5. The number of carbonyl (C=O) groups is 1. The van der Waals surface area contributed by atoms with E-state index in [1.54, 1.807) is 0 Å². The molecule has 6 heteroatoms. The molecule has 0 spiro atoms. The fourth-order valence-electron chi connectivity index (χ4n) is 6.55. The second-order valence-electron chi connectivity index (χ2n) is 9.91. The Balaban J connectivity index is 1.10. The Morgan fingerprint density at radius 3 is 2.34 bits per heavy atom. The maximum Gasteiger partial charge on any atom is 0.226 e. The molecule has 5 atom stereocenters. The molecule has 2 heterocycles. The van der Waals surface area contributed by atoms with E-state index in [0.29, 0.717) is 11.8 Å². The van der Waals surface area contributed by atoms with Gasteiger partial charge in [0.2, 0.25) is 5.91 Å². The van der Waals surface area contributed by atoms with E-state index >= 15 is 0 Å². The number of rotatable bonds is 5. The van der Waals surface area contributed by atoms with E-state index in [1.807, 2.05) is 18.9 Å².